The summed E-state index contributed by atoms with van der Waals surface area (Å²) >= 11 is 1.92. The molecule has 1 amide bonds. The molecule has 0 aliphatic carbocycles. The minimum Gasteiger partial charge on any atom is -1.00 e. The molecule has 2 rings (SSSR count). The highest BCUT2D eigenvalue weighted by molar-refractivity contribution is 7.99. The Balaban J connectivity index is 0.00000128. The molecular weight excluding hydrogens is 246 g/mol. The zero-order valence-electron chi connectivity index (χ0n) is 9.28. The molecule has 1 N–H and O–H groups in total. The summed E-state index contributed by atoms with van der Waals surface area (Å²) in [5.41, 5.74) is 0. The Morgan fingerprint density at radius 3 is 2.81 bits per heavy atom. The third-order valence-corrected chi connectivity index (χ3v) is 3.59. The van der Waals surface area contributed by atoms with Gasteiger partial charge in [0.2, 0.25) is 0 Å². The number of nitrogens with zero attached hydrogens (tertiary/aromatic N) is 2. The van der Waals surface area contributed by atoms with Gasteiger partial charge in [0.25, 0.3) is 11.7 Å². The summed E-state index contributed by atoms with van der Waals surface area (Å²) in [6.45, 7) is 4.22. The number of carbonyl (C=O) groups excluding carboxylic acids is 1. The van der Waals surface area contributed by atoms with Crippen molar-refractivity contribution in [2.45, 2.75) is 13.5 Å². The van der Waals surface area contributed by atoms with E-state index in [2.05, 4.69) is 4.98 Å². The fraction of sp³-hybridized carbons (Fsp3) is 0.600. The van der Waals surface area contributed by atoms with E-state index < -0.39 is 0 Å². The smallest absolute Gasteiger partial charge is 0.264 e. The average molecular weight is 262 g/mol. The fourth-order valence-corrected chi connectivity index (χ4v) is 2.58. The summed E-state index contributed by atoms with van der Waals surface area (Å²) in [5, 5.41) is 0. The molecule has 1 aromatic heterocycles. The molecule has 4 nitrogen and oxygen atoms in total. The van der Waals surface area contributed by atoms with Crippen LogP contribution < -0.4 is 17.0 Å². The van der Waals surface area contributed by atoms with Crippen molar-refractivity contribution in [3.63, 3.8) is 0 Å². The standard InChI is InChI=1S/C10H15N3OS.ClH/c1-9-11-2-3-13(9)8-10(14)12-4-6-15-7-5-12;/h2-3H,4-8H2,1H3;1H. The minimum atomic E-state index is 0. The summed E-state index contributed by atoms with van der Waals surface area (Å²) in [6.07, 6.45) is 3.76. The zero-order valence-corrected chi connectivity index (χ0v) is 10.9. The molecule has 0 radical (unpaired) electrons. The average Bonchev–Trinajstić information content (AvgIpc) is 2.66. The second-order valence-electron chi connectivity index (χ2n) is 3.67. The molecule has 1 aromatic rings. The lowest BCUT2D eigenvalue weighted by Crippen LogP contribution is -3.00. The number of amides is 1. The van der Waals surface area contributed by atoms with Gasteiger partial charge in [-0.1, -0.05) is 0 Å². The molecule has 0 bridgehead atoms. The molecule has 1 aliphatic heterocycles. The number of carbonyl (C=O) groups is 1. The van der Waals surface area contributed by atoms with E-state index in [9.17, 15) is 4.79 Å². The number of hydrogen-bond donors (Lipinski definition) is 1. The van der Waals surface area contributed by atoms with Crippen molar-refractivity contribution in [3.05, 3.63) is 18.2 Å². The lowest BCUT2D eigenvalue weighted by molar-refractivity contribution is -0.689. The fourth-order valence-electron chi connectivity index (χ4n) is 1.67. The molecule has 1 saturated heterocycles. The Hall–Kier alpha value is -0.680. The number of aromatic nitrogens is 2. The van der Waals surface area contributed by atoms with Crippen LogP contribution in [-0.2, 0) is 11.3 Å². The molecule has 0 saturated carbocycles. The number of hydrogen-bond acceptors (Lipinski definition) is 2. The van der Waals surface area contributed by atoms with Gasteiger partial charge in [0.15, 0.2) is 6.54 Å². The van der Waals surface area contributed by atoms with Crippen LogP contribution in [0.1, 0.15) is 5.82 Å². The van der Waals surface area contributed by atoms with Gasteiger partial charge >= 0.3 is 0 Å². The van der Waals surface area contributed by atoms with Gasteiger partial charge in [-0.15, -0.1) is 0 Å². The van der Waals surface area contributed by atoms with Gasteiger partial charge in [0.1, 0.15) is 12.4 Å². The highest BCUT2D eigenvalue weighted by atomic mass is 35.5. The molecule has 90 valence electrons. The van der Waals surface area contributed by atoms with Gasteiger partial charge < -0.3 is 17.3 Å². The van der Waals surface area contributed by atoms with Crippen LogP contribution in [0.3, 0.4) is 0 Å². The number of rotatable bonds is 2. The highest BCUT2D eigenvalue weighted by Crippen LogP contribution is 2.08. The number of thioether (sulfide) groups is 1. The first-order valence-corrected chi connectivity index (χ1v) is 6.32. The molecule has 0 spiro atoms. The molecule has 0 unspecified atom stereocenters. The molecule has 0 aromatic carbocycles. The van der Waals surface area contributed by atoms with Crippen LogP contribution >= 0.6 is 11.8 Å². The van der Waals surface area contributed by atoms with Crippen LogP contribution in [0.15, 0.2) is 12.4 Å². The van der Waals surface area contributed by atoms with Crippen molar-refractivity contribution in [3.8, 4) is 0 Å². The van der Waals surface area contributed by atoms with E-state index in [1.165, 1.54) is 0 Å². The van der Waals surface area contributed by atoms with E-state index in [0.29, 0.717) is 6.54 Å². The van der Waals surface area contributed by atoms with Crippen molar-refractivity contribution < 1.29 is 21.8 Å². The molecule has 1 fully saturated rings. The first-order valence-electron chi connectivity index (χ1n) is 5.16. The van der Waals surface area contributed by atoms with Crippen molar-refractivity contribution >= 4 is 17.7 Å². The van der Waals surface area contributed by atoms with Crippen molar-refractivity contribution in [1.29, 1.82) is 0 Å². The number of H-pyrrole nitrogens is 1. The minimum absolute atomic E-state index is 0. The van der Waals surface area contributed by atoms with Crippen molar-refractivity contribution in [2.24, 2.45) is 0 Å². The molecule has 6 heteroatoms. The van der Waals surface area contributed by atoms with Crippen LogP contribution in [0.4, 0.5) is 0 Å². The van der Waals surface area contributed by atoms with Gasteiger partial charge in [-0.2, -0.15) is 11.8 Å². The third kappa shape index (κ3) is 3.15. The van der Waals surface area contributed by atoms with Gasteiger partial charge in [-0.3, -0.25) is 4.79 Å². The number of nitrogens with one attached hydrogen (secondary N) is 1. The van der Waals surface area contributed by atoms with E-state index in [1.807, 2.05) is 40.5 Å². The van der Waals surface area contributed by atoms with E-state index in [-0.39, 0.29) is 18.3 Å². The maximum atomic E-state index is 11.9. The van der Waals surface area contributed by atoms with Crippen LogP contribution in [0.5, 0.6) is 0 Å². The predicted octanol–water partition coefficient (Wildman–Crippen LogP) is -2.81. The maximum Gasteiger partial charge on any atom is 0.264 e. The van der Waals surface area contributed by atoms with Gasteiger partial charge in [0, 0.05) is 31.5 Å². The Kier molecular flexibility index (Phi) is 5.15. The van der Waals surface area contributed by atoms with E-state index in [4.69, 9.17) is 0 Å². The normalized spacial score (nSPS) is 15.7. The maximum absolute atomic E-state index is 11.9. The van der Waals surface area contributed by atoms with E-state index in [1.54, 1.807) is 0 Å². The van der Waals surface area contributed by atoms with Gasteiger partial charge in [-0.25, -0.2) is 9.55 Å². The largest absolute Gasteiger partial charge is 1.00 e. The van der Waals surface area contributed by atoms with Crippen LogP contribution in [0, 0.1) is 6.92 Å². The van der Waals surface area contributed by atoms with Crippen LogP contribution in [0.25, 0.3) is 0 Å². The monoisotopic (exact) mass is 261 g/mol. The van der Waals surface area contributed by atoms with Crippen molar-refractivity contribution in [2.75, 3.05) is 24.6 Å². The second kappa shape index (κ2) is 6.15. The van der Waals surface area contributed by atoms with Crippen LogP contribution in [0.2, 0.25) is 0 Å². The molecule has 2 heterocycles. The van der Waals surface area contributed by atoms with Gasteiger partial charge in [-0.05, 0) is 0 Å². The first-order chi connectivity index (χ1) is 7.27. The summed E-state index contributed by atoms with van der Waals surface area (Å²) < 4.78 is 1.95. The highest BCUT2D eigenvalue weighted by Gasteiger charge is 2.19. The quantitative estimate of drug-likeness (QED) is 0.584. The third-order valence-electron chi connectivity index (χ3n) is 2.65. The Morgan fingerprint density at radius 2 is 2.25 bits per heavy atom. The van der Waals surface area contributed by atoms with E-state index >= 15 is 0 Å². The predicted molar refractivity (Wildman–Crippen MR) is 59.6 cm³/mol. The molecule has 0 atom stereocenters. The number of aromatic amines is 1. The topological polar surface area (TPSA) is 40.0 Å². The summed E-state index contributed by atoms with van der Waals surface area (Å²) in [4.78, 5) is 16.9. The zero-order chi connectivity index (χ0) is 10.7. The number of halogens is 1. The SMILES string of the molecule is Cc1[nH]cc[n+]1CC(=O)N1CCSCC1.[Cl-]. The lowest BCUT2D eigenvalue weighted by atomic mass is 10.4. The first kappa shape index (κ1) is 13.4. The summed E-state index contributed by atoms with van der Waals surface area (Å²) in [6, 6.07) is 0. The Bertz CT molecular complexity index is 350. The Labute approximate surface area is 106 Å². The number of aryl methyl sites for hydroxylation is 1. The lowest BCUT2D eigenvalue weighted by Gasteiger charge is -2.25. The Morgan fingerprint density at radius 1 is 1.56 bits per heavy atom. The summed E-state index contributed by atoms with van der Waals surface area (Å²) in [7, 11) is 0. The second-order valence-corrected chi connectivity index (χ2v) is 4.89. The number of imidazole rings is 1. The molecule has 1 aliphatic rings. The molecule has 16 heavy (non-hydrogen) atoms. The van der Waals surface area contributed by atoms with E-state index in [0.717, 1.165) is 30.4 Å². The summed E-state index contributed by atoms with van der Waals surface area (Å²) in [5.74, 6) is 3.39. The van der Waals surface area contributed by atoms with Gasteiger partial charge in [0.05, 0.1) is 0 Å². The van der Waals surface area contributed by atoms with Crippen LogP contribution in [-0.4, -0.2) is 40.4 Å². The van der Waals surface area contributed by atoms with Crippen molar-refractivity contribution in [1.82, 2.24) is 9.88 Å². The molecular formula is C10H16ClN3OS.